The van der Waals surface area contributed by atoms with Crippen LogP contribution in [0.2, 0.25) is 0 Å². The van der Waals surface area contributed by atoms with E-state index in [1.165, 1.54) is 103 Å². The molecule has 3 N–H and O–H groups in total. The highest BCUT2D eigenvalue weighted by Gasteiger charge is 2.26. The third kappa shape index (κ3) is 43.4. The number of hydrogen-bond donors (Lipinski definition) is 2. The van der Waals surface area contributed by atoms with Crippen LogP contribution in [0.1, 0.15) is 206 Å². The first kappa shape index (κ1) is 55.0. The molecule has 0 heterocycles. The van der Waals surface area contributed by atoms with Crippen LogP contribution in [0.5, 0.6) is 0 Å². The van der Waals surface area contributed by atoms with Crippen molar-refractivity contribution < 1.29 is 37.6 Å². The van der Waals surface area contributed by atoms with Crippen molar-refractivity contribution in [3.05, 3.63) is 48.6 Å². The largest absolute Gasteiger partial charge is 0.472 e. The SMILES string of the molecule is CCCCC/C=C\C/C=C\CCCCCCCCCCCC(=O)O[C@H](COC(=O)CCCCCCCCC/C=C\C/C=C\CCCCC)COP(=O)(O)OCCN. The summed E-state index contributed by atoms with van der Waals surface area (Å²) in [4.78, 5) is 34.9. The lowest BCUT2D eigenvalue weighted by molar-refractivity contribution is -0.161. The fourth-order valence-corrected chi connectivity index (χ4v) is 6.99. The number of nitrogens with two attached hydrogens (primary N) is 1. The maximum absolute atomic E-state index is 12.6. The van der Waals surface area contributed by atoms with E-state index in [1.54, 1.807) is 0 Å². The average Bonchev–Trinajstić information content (AvgIpc) is 3.20. The van der Waals surface area contributed by atoms with Crippen LogP contribution in [0.25, 0.3) is 0 Å². The van der Waals surface area contributed by atoms with Crippen molar-refractivity contribution in [3.63, 3.8) is 0 Å². The molecule has 0 spiro atoms. The standard InChI is InChI=1S/C47H86NO8P/c1-3-5-7-9-11-13-15-17-19-21-22-24-26-28-30-32-34-36-38-40-47(50)56-45(44-55-57(51,52)54-42-41-48)43-53-46(49)39-37-35-33-31-29-27-25-23-20-18-16-14-12-10-8-6-4-2/h11-14,17-20,45H,3-10,15-16,21-44,48H2,1-2H3,(H,51,52)/b13-11-,14-12-,19-17-,20-18-/t45-/m1/s1. The molecule has 0 aliphatic carbocycles. The van der Waals surface area contributed by atoms with Gasteiger partial charge in [0.15, 0.2) is 6.10 Å². The Hall–Kier alpha value is -2.03. The molecular formula is C47H86NO8P. The second-order valence-electron chi connectivity index (χ2n) is 15.3. The van der Waals surface area contributed by atoms with Gasteiger partial charge in [0.1, 0.15) is 6.61 Å². The zero-order valence-electron chi connectivity index (χ0n) is 36.6. The zero-order valence-corrected chi connectivity index (χ0v) is 37.5. The van der Waals surface area contributed by atoms with Gasteiger partial charge in [-0.15, -0.1) is 0 Å². The number of allylic oxidation sites excluding steroid dienone is 8. The smallest absolute Gasteiger partial charge is 0.462 e. The molecule has 0 aliphatic rings. The molecule has 0 aromatic carbocycles. The van der Waals surface area contributed by atoms with Gasteiger partial charge in [-0.25, -0.2) is 4.57 Å². The van der Waals surface area contributed by atoms with Crippen molar-refractivity contribution in [1.29, 1.82) is 0 Å². The molecule has 0 aromatic rings. The van der Waals surface area contributed by atoms with Gasteiger partial charge in [0.25, 0.3) is 0 Å². The van der Waals surface area contributed by atoms with Crippen molar-refractivity contribution in [2.45, 2.75) is 213 Å². The van der Waals surface area contributed by atoms with Crippen molar-refractivity contribution in [2.75, 3.05) is 26.4 Å². The molecule has 10 heteroatoms. The van der Waals surface area contributed by atoms with Crippen molar-refractivity contribution in [2.24, 2.45) is 5.73 Å². The molecule has 2 atom stereocenters. The summed E-state index contributed by atoms with van der Waals surface area (Å²) in [6.45, 7) is 3.68. The lowest BCUT2D eigenvalue weighted by Gasteiger charge is -2.19. The van der Waals surface area contributed by atoms with E-state index in [9.17, 15) is 19.0 Å². The topological polar surface area (TPSA) is 134 Å². The molecule has 0 amide bonds. The Morgan fingerprint density at radius 2 is 0.912 bits per heavy atom. The molecule has 0 saturated carbocycles. The van der Waals surface area contributed by atoms with Gasteiger partial charge in [0.2, 0.25) is 0 Å². The predicted molar refractivity (Wildman–Crippen MR) is 238 cm³/mol. The summed E-state index contributed by atoms with van der Waals surface area (Å²) in [6.07, 6.45) is 49.9. The van der Waals surface area contributed by atoms with Gasteiger partial charge in [0.05, 0.1) is 13.2 Å². The maximum atomic E-state index is 12.6. The molecule has 0 bridgehead atoms. The van der Waals surface area contributed by atoms with Crippen LogP contribution in [0.4, 0.5) is 0 Å². The molecule has 0 rings (SSSR count). The monoisotopic (exact) mass is 824 g/mol. The van der Waals surface area contributed by atoms with Crippen molar-refractivity contribution in [3.8, 4) is 0 Å². The molecule has 332 valence electrons. The average molecular weight is 824 g/mol. The number of rotatable bonds is 43. The summed E-state index contributed by atoms with van der Waals surface area (Å²) in [5, 5.41) is 0. The number of carbonyl (C=O) groups is 2. The van der Waals surface area contributed by atoms with E-state index in [0.717, 1.165) is 70.6 Å². The predicted octanol–water partition coefficient (Wildman–Crippen LogP) is 13.5. The van der Waals surface area contributed by atoms with E-state index >= 15 is 0 Å². The molecule has 0 saturated heterocycles. The van der Waals surface area contributed by atoms with E-state index in [0.29, 0.717) is 6.42 Å². The number of phosphoric ester groups is 1. The molecule has 0 fully saturated rings. The minimum absolute atomic E-state index is 0.0503. The quantitative estimate of drug-likeness (QED) is 0.0267. The first-order valence-corrected chi connectivity index (χ1v) is 24.6. The summed E-state index contributed by atoms with van der Waals surface area (Å²) < 4.78 is 32.8. The van der Waals surface area contributed by atoms with E-state index in [2.05, 4.69) is 62.5 Å². The van der Waals surface area contributed by atoms with Gasteiger partial charge in [-0.2, -0.15) is 0 Å². The molecule has 57 heavy (non-hydrogen) atoms. The summed E-state index contributed by atoms with van der Waals surface area (Å²) >= 11 is 0. The van der Waals surface area contributed by atoms with Gasteiger partial charge in [-0.3, -0.25) is 18.6 Å². The van der Waals surface area contributed by atoms with Gasteiger partial charge in [-0.1, -0.05) is 165 Å². The van der Waals surface area contributed by atoms with Gasteiger partial charge >= 0.3 is 19.8 Å². The highest BCUT2D eigenvalue weighted by atomic mass is 31.2. The van der Waals surface area contributed by atoms with Crippen LogP contribution in [-0.2, 0) is 32.7 Å². The normalized spacial score (nSPS) is 13.7. The number of unbranched alkanes of at least 4 members (excludes halogenated alkanes) is 22. The minimum atomic E-state index is -4.38. The van der Waals surface area contributed by atoms with Crippen molar-refractivity contribution >= 4 is 19.8 Å². The Morgan fingerprint density at radius 3 is 1.33 bits per heavy atom. The van der Waals surface area contributed by atoms with E-state index in [-0.39, 0.29) is 32.6 Å². The third-order valence-electron chi connectivity index (χ3n) is 9.69. The second kappa shape index (κ2) is 43.5. The zero-order chi connectivity index (χ0) is 41.8. The maximum Gasteiger partial charge on any atom is 0.472 e. The van der Waals surface area contributed by atoms with Crippen LogP contribution in [0.3, 0.4) is 0 Å². The second-order valence-corrected chi connectivity index (χ2v) is 16.7. The Labute approximate surface area is 349 Å². The van der Waals surface area contributed by atoms with Crippen molar-refractivity contribution in [1.82, 2.24) is 0 Å². The fourth-order valence-electron chi connectivity index (χ4n) is 6.22. The van der Waals surface area contributed by atoms with E-state index in [1.807, 2.05) is 0 Å². The highest BCUT2D eigenvalue weighted by molar-refractivity contribution is 7.47. The fraction of sp³-hybridized carbons (Fsp3) is 0.787. The van der Waals surface area contributed by atoms with Crippen LogP contribution < -0.4 is 5.73 Å². The summed E-state index contributed by atoms with van der Waals surface area (Å²) in [5.74, 6) is -0.841. The molecular weight excluding hydrogens is 737 g/mol. The van der Waals surface area contributed by atoms with Crippen LogP contribution in [-0.4, -0.2) is 49.3 Å². The van der Waals surface area contributed by atoms with Crippen LogP contribution >= 0.6 is 7.82 Å². The van der Waals surface area contributed by atoms with Crippen LogP contribution in [0, 0.1) is 0 Å². The lowest BCUT2D eigenvalue weighted by atomic mass is 10.1. The molecule has 1 unspecified atom stereocenters. The molecule has 0 aliphatic heterocycles. The lowest BCUT2D eigenvalue weighted by Crippen LogP contribution is -2.29. The summed E-state index contributed by atoms with van der Waals surface area (Å²) in [7, 11) is -4.38. The van der Waals surface area contributed by atoms with E-state index < -0.39 is 32.5 Å². The minimum Gasteiger partial charge on any atom is -0.462 e. The first-order valence-electron chi connectivity index (χ1n) is 23.1. The Morgan fingerprint density at radius 1 is 0.526 bits per heavy atom. The number of ether oxygens (including phenoxy) is 2. The summed E-state index contributed by atoms with van der Waals surface area (Å²) in [5.41, 5.74) is 5.35. The first-order chi connectivity index (χ1) is 27.8. The Kier molecular flexibility index (Phi) is 42.0. The highest BCUT2D eigenvalue weighted by Crippen LogP contribution is 2.43. The van der Waals surface area contributed by atoms with Gasteiger partial charge < -0.3 is 20.1 Å². The van der Waals surface area contributed by atoms with Gasteiger partial charge in [-0.05, 0) is 77.0 Å². The molecule has 0 radical (unpaired) electrons. The third-order valence-corrected chi connectivity index (χ3v) is 10.7. The number of esters is 2. The molecule has 0 aromatic heterocycles. The Balaban J connectivity index is 4.13. The molecule has 9 nitrogen and oxygen atoms in total. The van der Waals surface area contributed by atoms with E-state index in [4.69, 9.17) is 24.3 Å². The Bertz CT molecular complexity index is 1080. The summed E-state index contributed by atoms with van der Waals surface area (Å²) in [6, 6.07) is 0. The van der Waals surface area contributed by atoms with Crippen LogP contribution in [0.15, 0.2) is 48.6 Å². The number of carbonyl (C=O) groups excluding carboxylic acids is 2. The van der Waals surface area contributed by atoms with Gasteiger partial charge in [0, 0.05) is 19.4 Å². The number of phosphoric acid groups is 1. The number of hydrogen-bond acceptors (Lipinski definition) is 8.